The topological polar surface area (TPSA) is 307 Å². The van der Waals surface area contributed by atoms with Crippen LogP contribution in [0.3, 0.4) is 0 Å². The van der Waals surface area contributed by atoms with E-state index in [4.69, 9.17) is 37.9 Å². The third-order valence-corrected chi connectivity index (χ3v) is 11.8. The molecule has 1 aromatic carbocycles. The molecule has 0 fully saturated rings. The summed E-state index contributed by atoms with van der Waals surface area (Å²) in [5.41, 5.74) is -6.97. The zero-order valence-corrected chi connectivity index (χ0v) is 54.7. The summed E-state index contributed by atoms with van der Waals surface area (Å²) in [6.45, 7) is 30.3. The summed E-state index contributed by atoms with van der Waals surface area (Å²) in [5, 5.41) is 22.5. The Hall–Kier alpha value is -5.16. The van der Waals surface area contributed by atoms with Crippen molar-refractivity contribution in [3.05, 3.63) is 19.3 Å². The minimum Gasteiger partial charge on any atom is -0.483 e. The van der Waals surface area contributed by atoms with E-state index in [2.05, 4.69) is 42.5 Å². The number of carbonyl (C=O) groups excluding carboxylic acids is 8. The molecule has 1 aromatic rings. The zero-order chi connectivity index (χ0) is 61.6. The number of hydrogen-bond acceptors (Lipinski definition) is 16. The van der Waals surface area contributed by atoms with Crippen molar-refractivity contribution in [1.29, 1.82) is 0 Å². The molecule has 1 rings (SSSR count). The number of hydrogen-bond donors (Lipinski definition) is 8. The van der Waals surface area contributed by atoms with Gasteiger partial charge in [-0.15, -0.1) is 0 Å². The summed E-state index contributed by atoms with van der Waals surface area (Å²) in [6.07, 6.45) is -3.26. The van der Waals surface area contributed by atoms with Crippen molar-refractivity contribution in [2.45, 2.75) is 208 Å². The Morgan fingerprint density at radius 3 is 0.675 bits per heavy atom. The largest absolute Gasteiger partial charge is 0.483 e. The van der Waals surface area contributed by atoms with E-state index in [-0.39, 0.29) is 77.8 Å². The lowest BCUT2D eigenvalue weighted by molar-refractivity contribution is -0.126. The van der Waals surface area contributed by atoms with Crippen LogP contribution in [-0.2, 0) is 38.0 Å². The predicted octanol–water partition coefficient (Wildman–Crippen LogP) is 8.85. The fourth-order valence-corrected chi connectivity index (χ4v) is 8.30. The van der Waals surface area contributed by atoms with Gasteiger partial charge in [-0.2, -0.15) is 0 Å². The van der Waals surface area contributed by atoms with Crippen LogP contribution in [-0.4, -0.2) is 146 Å². The second-order valence-corrected chi connectivity index (χ2v) is 27.3. The highest BCUT2D eigenvalue weighted by atomic mass is 127. The quantitative estimate of drug-likeness (QED) is 0.0317. The van der Waals surface area contributed by atoms with Crippen LogP contribution in [0.15, 0.2) is 12.1 Å². The normalized spacial score (nSPS) is 12.3. The number of carbonyl (C=O) groups is 8. The third kappa shape index (κ3) is 35.5. The Bertz CT molecular complexity index is 1910. The van der Waals surface area contributed by atoms with Crippen LogP contribution >= 0.6 is 45.2 Å². The minimum atomic E-state index is -1.16. The molecule has 8 N–H and O–H groups in total. The first-order valence-electron chi connectivity index (χ1n) is 26.6. The van der Waals surface area contributed by atoms with Crippen molar-refractivity contribution in [1.82, 2.24) is 42.5 Å². The Morgan fingerprint density at radius 1 is 0.338 bits per heavy atom. The number of rotatable bonds is 26. The maximum absolute atomic E-state index is 14.0. The summed E-state index contributed by atoms with van der Waals surface area (Å²) in [6, 6.07) is 3.27. The summed E-state index contributed by atoms with van der Waals surface area (Å²) in [4.78, 5) is 104. The molecule has 26 heteroatoms. The molecule has 0 aromatic heterocycles. The molecule has 0 aliphatic heterocycles. The Balaban J connectivity index is 3.48. The van der Waals surface area contributed by atoms with Gasteiger partial charge in [-0.1, -0.05) is 0 Å². The SMILES string of the molecule is CC(C)(C)OC(=O)NCCC(CCNC(=O)OC(C)(C)C)(CCNC(=O)OC(C)(C)C)NC(=O)COc1cc(I)c(OCC(=O)NC(CCNC(=O)OC(C)(C)C)(CCNC(=O)OC(C)(C)C)CCNC(=O)OC(C)(C)C)cc1I. The average molecular weight is 1360 g/mol. The van der Waals surface area contributed by atoms with Crippen LogP contribution < -0.4 is 52.0 Å². The summed E-state index contributed by atoms with van der Waals surface area (Å²) >= 11 is 4.02. The van der Waals surface area contributed by atoms with E-state index in [1.165, 1.54) is 0 Å². The highest BCUT2D eigenvalue weighted by Crippen LogP contribution is 2.32. The van der Waals surface area contributed by atoms with Crippen LogP contribution in [0.1, 0.15) is 163 Å². The van der Waals surface area contributed by atoms with Crippen molar-refractivity contribution in [3.8, 4) is 11.5 Å². The molecular weight excluding hydrogens is 1270 g/mol. The Morgan fingerprint density at radius 2 is 0.512 bits per heavy atom. The molecular formula is C54H92I2N8O16. The van der Waals surface area contributed by atoms with Crippen LogP contribution in [0.25, 0.3) is 0 Å². The monoisotopic (exact) mass is 1360 g/mol. The van der Waals surface area contributed by atoms with Crippen LogP contribution in [0.4, 0.5) is 28.8 Å². The molecule has 80 heavy (non-hydrogen) atoms. The fourth-order valence-electron chi connectivity index (χ4n) is 7.11. The number of benzene rings is 1. The molecule has 0 radical (unpaired) electrons. The van der Waals surface area contributed by atoms with E-state index in [0.717, 1.165) is 0 Å². The average Bonchev–Trinajstić information content (AvgIpc) is 3.22. The van der Waals surface area contributed by atoms with Crippen molar-refractivity contribution in [3.63, 3.8) is 0 Å². The van der Waals surface area contributed by atoms with Crippen LogP contribution in [0.5, 0.6) is 11.5 Å². The lowest BCUT2D eigenvalue weighted by Gasteiger charge is -2.36. The number of alkyl carbamates (subject to hydrolysis) is 6. The third-order valence-electron chi connectivity index (χ3n) is 10.1. The van der Waals surface area contributed by atoms with E-state index >= 15 is 0 Å². The number of nitrogens with one attached hydrogen (secondary N) is 8. The molecule has 0 saturated carbocycles. The van der Waals surface area contributed by atoms with Crippen molar-refractivity contribution >= 4 is 93.6 Å². The number of amides is 8. The van der Waals surface area contributed by atoms with Gasteiger partial charge in [0.25, 0.3) is 11.8 Å². The molecule has 0 bridgehead atoms. The van der Waals surface area contributed by atoms with Crippen molar-refractivity contribution in [2.75, 3.05) is 52.5 Å². The highest BCUT2D eigenvalue weighted by Gasteiger charge is 2.35. The molecule has 0 aliphatic rings. The molecule has 0 unspecified atom stereocenters. The Labute approximate surface area is 500 Å². The first kappa shape index (κ1) is 72.9. The molecule has 458 valence electrons. The first-order chi connectivity index (χ1) is 36.4. The van der Waals surface area contributed by atoms with Gasteiger partial charge in [-0.3, -0.25) is 9.59 Å². The van der Waals surface area contributed by atoms with E-state index < -0.39 is 106 Å². The molecule has 0 spiro atoms. The number of ether oxygens (including phenoxy) is 8. The maximum Gasteiger partial charge on any atom is 0.407 e. The molecule has 0 heterocycles. The van der Waals surface area contributed by atoms with Gasteiger partial charge in [0.05, 0.1) is 7.14 Å². The van der Waals surface area contributed by atoms with Gasteiger partial charge in [0.2, 0.25) is 0 Å². The van der Waals surface area contributed by atoms with Gasteiger partial charge in [0.1, 0.15) is 45.1 Å². The summed E-state index contributed by atoms with van der Waals surface area (Å²) in [7, 11) is 0. The van der Waals surface area contributed by atoms with Crippen LogP contribution in [0.2, 0.25) is 0 Å². The second-order valence-electron chi connectivity index (χ2n) is 25.0. The lowest BCUT2D eigenvalue weighted by atomic mass is 9.87. The predicted molar refractivity (Wildman–Crippen MR) is 318 cm³/mol. The van der Waals surface area contributed by atoms with Crippen molar-refractivity contribution < 1.29 is 76.3 Å². The Kier molecular flexibility index (Phi) is 29.0. The maximum atomic E-state index is 14.0. The molecule has 0 saturated heterocycles. The molecule has 24 nitrogen and oxygen atoms in total. The summed E-state index contributed by atoms with van der Waals surface area (Å²) < 4.78 is 45.7. The standard InChI is InChI=1S/C54H92I2N8O16/c1-47(2,3)75-41(67)57-25-19-53(20-26-58-42(68)76-48(4,5)6,21-27-59-43(69)77-49(7,8)9)63-39(65)33-73-37-31-36(56)38(32-35(37)55)74-34-40(66)64-54(22-28-60-44(70)78-50(10,11)12,23-29-61-45(71)79-51(13,14)15)24-30-62-46(72)80-52(16,17)18/h31-32H,19-30,33-34H2,1-18H3,(H,57,67)(H,58,68)(H,59,69)(H,60,70)(H,61,71)(H,62,72)(H,63,65)(H,64,66). The number of halogens is 2. The lowest BCUT2D eigenvalue weighted by Crippen LogP contribution is -2.55. The molecule has 0 atom stereocenters. The molecule has 0 aliphatic carbocycles. The van der Waals surface area contributed by atoms with E-state index in [1.807, 2.05) is 45.2 Å². The smallest absolute Gasteiger partial charge is 0.407 e. The van der Waals surface area contributed by atoms with Gasteiger partial charge in [0, 0.05) is 50.3 Å². The first-order valence-corrected chi connectivity index (χ1v) is 28.7. The van der Waals surface area contributed by atoms with Gasteiger partial charge in [-0.25, -0.2) is 28.8 Å². The van der Waals surface area contributed by atoms with E-state index in [9.17, 15) is 38.4 Å². The molecule has 8 amide bonds. The zero-order valence-electron chi connectivity index (χ0n) is 50.3. The van der Waals surface area contributed by atoms with Gasteiger partial charge >= 0.3 is 36.6 Å². The minimum absolute atomic E-state index is 0.0351. The van der Waals surface area contributed by atoms with Gasteiger partial charge in [-0.05, 0) is 220 Å². The fraction of sp³-hybridized carbons (Fsp3) is 0.741. The summed E-state index contributed by atoms with van der Waals surface area (Å²) in [5.74, 6) is -0.508. The van der Waals surface area contributed by atoms with Crippen LogP contribution in [0, 0.1) is 7.14 Å². The second kappa shape index (κ2) is 31.9. The van der Waals surface area contributed by atoms with Gasteiger partial charge in [0.15, 0.2) is 13.2 Å². The van der Waals surface area contributed by atoms with E-state index in [0.29, 0.717) is 18.6 Å². The highest BCUT2D eigenvalue weighted by molar-refractivity contribution is 14.1. The van der Waals surface area contributed by atoms with E-state index in [1.54, 1.807) is 137 Å². The van der Waals surface area contributed by atoms with Crippen molar-refractivity contribution in [2.24, 2.45) is 0 Å². The van der Waals surface area contributed by atoms with Gasteiger partial charge < -0.3 is 80.4 Å².